The fourth-order valence-corrected chi connectivity index (χ4v) is 4.25. The molecule has 20 heavy (non-hydrogen) atoms. The van der Waals surface area contributed by atoms with Crippen LogP contribution < -0.4 is 5.73 Å². The van der Waals surface area contributed by atoms with Crippen molar-refractivity contribution in [2.45, 2.75) is 31.7 Å². The van der Waals surface area contributed by atoms with Gasteiger partial charge in [-0.2, -0.15) is 0 Å². The number of aromatic nitrogens is 1. The van der Waals surface area contributed by atoms with Gasteiger partial charge in [0.25, 0.3) is 0 Å². The monoisotopic (exact) mass is 315 g/mol. The second-order valence-electron chi connectivity index (χ2n) is 4.98. The molecule has 2 unspecified atom stereocenters. The molecule has 2 rings (SSSR count). The van der Waals surface area contributed by atoms with Gasteiger partial charge < -0.3 is 15.7 Å². The second kappa shape index (κ2) is 6.01. The van der Waals surface area contributed by atoms with Crippen molar-refractivity contribution >= 4 is 40.1 Å². The Balaban J connectivity index is 2.16. The normalized spacial score (nSPS) is 22.4. The number of rotatable bonds is 4. The van der Waals surface area contributed by atoms with Crippen LogP contribution in [0.25, 0.3) is 0 Å². The Labute approximate surface area is 125 Å². The molecule has 0 aromatic carbocycles. The molecule has 1 aromatic heterocycles. The standard InChI is InChI=1S/C12H17N3O3S2/c1-6(2)10-15(8(5-19-10)11(17)18)9(16)3-7-4-20-12(13)14-7/h4,6,8,10H,3,5H2,1-2H3,(H2,13,14)(H,17,18). The molecule has 0 bridgehead atoms. The van der Waals surface area contributed by atoms with Crippen molar-refractivity contribution in [3.05, 3.63) is 11.1 Å². The van der Waals surface area contributed by atoms with Crippen molar-refractivity contribution in [2.24, 2.45) is 5.92 Å². The topological polar surface area (TPSA) is 96.5 Å². The first-order valence-electron chi connectivity index (χ1n) is 6.25. The Bertz CT molecular complexity index is 518. The molecule has 1 amide bonds. The second-order valence-corrected chi connectivity index (χ2v) is 7.02. The van der Waals surface area contributed by atoms with Crippen LogP contribution in [0.2, 0.25) is 0 Å². The zero-order chi connectivity index (χ0) is 14.9. The average Bonchev–Trinajstić information content (AvgIpc) is 2.95. The summed E-state index contributed by atoms with van der Waals surface area (Å²) in [5.41, 5.74) is 6.14. The number of thiazole rings is 1. The SMILES string of the molecule is CC(C)C1SCC(C(=O)O)N1C(=O)Cc1csc(N)n1. The van der Waals surface area contributed by atoms with E-state index in [0.29, 0.717) is 16.6 Å². The van der Waals surface area contributed by atoms with E-state index in [-0.39, 0.29) is 23.6 Å². The number of nitrogen functional groups attached to an aromatic ring is 1. The van der Waals surface area contributed by atoms with Crippen molar-refractivity contribution in [3.63, 3.8) is 0 Å². The van der Waals surface area contributed by atoms with Crippen LogP contribution in [-0.2, 0) is 16.0 Å². The highest BCUT2D eigenvalue weighted by molar-refractivity contribution is 8.00. The van der Waals surface area contributed by atoms with Crippen molar-refractivity contribution in [1.29, 1.82) is 0 Å². The zero-order valence-corrected chi connectivity index (χ0v) is 12.9. The van der Waals surface area contributed by atoms with Gasteiger partial charge in [-0.15, -0.1) is 23.1 Å². The summed E-state index contributed by atoms with van der Waals surface area (Å²) in [6.45, 7) is 3.98. The molecule has 1 aliphatic rings. The van der Waals surface area contributed by atoms with E-state index in [1.807, 2.05) is 13.8 Å². The van der Waals surface area contributed by atoms with Crippen LogP contribution in [0.1, 0.15) is 19.5 Å². The molecule has 6 nitrogen and oxygen atoms in total. The van der Waals surface area contributed by atoms with Gasteiger partial charge in [0.15, 0.2) is 5.13 Å². The predicted octanol–water partition coefficient (Wildman–Crippen LogP) is 1.28. The number of carboxylic acid groups (broad SMARTS) is 1. The number of nitrogens with two attached hydrogens (primary N) is 1. The number of hydrogen-bond donors (Lipinski definition) is 2. The minimum absolute atomic E-state index is 0.0976. The van der Waals surface area contributed by atoms with E-state index >= 15 is 0 Å². The number of nitrogens with zero attached hydrogens (tertiary/aromatic N) is 2. The molecule has 0 radical (unpaired) electrons. The van der Waals surface area contributed by atoms with Gasteiger partial charge in [0, 0.05) is 11.1 Å². The number of carbonyl (C=O) groups excluding carboxylic acids is 1. The smallest absolute Gasteiger partial charge is 0.327 e. The molecule has 110 valence electrons. The Morgan fingerprint density at radius 3 is 2.80 bits per heavy atom. The highest BCUT2D eigenvalue weighted by Crippen LogP contribution is 2.34. The molecule has 1 aliphatic heterocycles. The van der Waals surface area contributed by atoms with E-state index in [4.69, 9.17) is 5.73 Å². The third-order valence-electron chi connectivity index (χ3n) is 3.08. The van der Waals surface area contributed by atoms with Crippen LogP contribution in [-0.4, -0.2) is 44.0 Å². The molecular formula is C12H17N3O3S2. The summed E-state index contributed by atoms with van der Waals surface area (Å²) in [7, 11) is 0. The van der Waals surface area contributed by atoms with Crippen LogP contribution in [0.5, 0.6) is 0 Å². The lowest BCUT2D eigenvalue weighted by Gasteiger charge is -2.29. The molecule has 1 aromatic rings. The number of anilines is 1. The van der Waals surface area contributed by atoms with Gasteiger partial charge in [0.2, 0.25) is 5.91 Å². The Hall–Kier alpha value is -1.28. The minimum Gasteiger partial charge on any atom is -0.480 e. The van der Waals surface area contributed by atoms with E-state index in [1.54, 1.807) is 5.38 Å². The quantitative estimate of drug-likeness (QED) is 0.869. The number of amides is 1. The van der Waals surface area contributed by atoms with E-state index in [0.717, 1.165) is 0 Å². The van der Waals surface area contributed by atoms with E-state index in [1.165, 1.54) is 28.0 Å². The van der Waals surface area contributed by atoms with E-state index in [2.05, 4.69) is 4.98 Å². The summed E-state index contributed by atoms with van der Waals surface area (Å²) in [4.78, 5) is 29.3. The highest BCUT2D eigenvalue weighted by Gasteiger charge is 2.42. The summed E-state index contributed by atoms with van der Waals surface area (Å²) >= 11 is 2.80. The molecule has 1 fully saturated rings. The molecule has 2 heterocycles. The Morgan fingerprint density at radius 2 is 2.30 bits per heavy atom. The van der Waals surface area contributed by atoms with Gasteiger partial charge >= 0.3 is 5.97 Å². The average molecular weight is 315 g/mol. The number of carbonyl (C=O) groups is 2. The summed E-state index contributed by atoms with van der Waals surface area (Å²) < 4.78 is 0. The maximum Gasteiger partial charge on any atom is 0.327 e. The fraction of sp³-hybridized carbons (Fsp3) is 0.583. The first-order valence-corrected chi connectivity index (χ1v) is 8.18. The van der Waals surface area contributed by atoms with Gasteiger partial charge in [-0.1, -0.05) is 13.8 Å². The number of aliphatic carboxylic acids is 1. The molecule has 8 heteroatoms. The van der Waals surface area contributed by atoms with Gasteiger partial charge in [-0.05, 0) is 5.92 Å². The zero-order valence-electron chi connectivity index (χ0n) is 11.3. The largest absolute Gasteiger partial charge is 0.480 e. The maximum absolute atomic E-state index is 12.4. The number of thioether (sulfide) groups is 1. The van der Waals surface area contributed by atoms with E-state index < -0.39 is 12.0 Å². The van der Waals surface area contributed by atoms with Crippen molar-refractivity contribution in [3.8, 4) is 0 Å². The first-order chi connectivity index (χ1) is 9.40. The summed E-state index contributed by atoms with van der Waals surface area (Å²) in [6, 6.07) is -0.754. The van der Waals surface area contributed by atoms with Crippen LogP contribution in [0.3, 0.4) is 0 Å². The lowest BCUT2D eigenvalue weighted by atomic mass is 10.1. The predicted molar refractivity (Wildman–Crippen MR) is 79.6 cm³/mol. The molecule has 1 saturated heterocycles. The van der Waals surface area contributed by atoms with Gasteiger partial charge in [0.1, 0.15) is 6.04 Å². The molecule has 3 N–H and O–H groups in total. The summed E-state index contributed by atoms with van der Waals surface area (Å²) in [5, 5.41) is 11.3. The van der Waals surface area contributed by atoms with Crippen LogP contribution in [0.4, 0.5) is 5.13 Å². The number of hydrogen-bond acceptors (Lipinski definition) is 6. The first kappa shape index (κ1) is 15.1. The lowest BCUT2D eigenvalue weighted by molar-refractivity contribution is -0.149. The summed E-state index contributed by atoms with van der Waals surface area (Å²) in [5.74, 6) is -0.518. The van der Waals surface area contributed by atoms with Crippen molar-refractivity contribution in [1.82, 2.24) is 9.88 Å². The van der Waals surface area contributed by atoms with Crippen molar-refractivity contribution < 1.29 is 14.7 Å². The molecule has 0 saturated carbocycles. The maximum atomic E-state index is 12.4. The van der Waals surface area contributed by atoms with Gasteiger partial charge in [-0.3, -0.25) is 4.79 Å². The van der Waals surface area contributed by atoms with Crippen LogP contribution in [0.15, 0.2) is 5.38 Å². The highest BCUT2D eigenvalue weighted by atomic mass is 32.2. The number of carboxylic acids is 1. The lowest BCUT2D eigenvalue weighted by Crippen LogP contribution is -2.47. The van der Waals surface area contributed by atoms with Crippen LogP contribution in [0, 0.1) is 5.92 Å². The van der Waals surface area contributed by atoms with Crippen molar-refractivity contribution in [2.75, 3.05) is 11.5 Å². The molecule has 0 aliphatic carbocycles. The molecule has 2 atom stereocenters. The fourth-order valence-electron chi connectivity index (χ4n) is 2.20. The third kappa shape index (κ3) is 3.06. The Kier molecular flexibility index (Phi) is 4.54. The van der Waals surface area contributed by atoms with Crippen LogP contribution >= 0.6 is 23.1 Å². The Morgan fingerprint density at radius 1 is 1.60 bits per heavy atom. The summed E-state index contributed by atoms with van der Waals surface area (Å²) in [6.07, 6.45) is 0.0985. The van der Waals surface area contributed by atoms with Gasteiger partial charge in [0.05, 0.1) is 17.5 Å². The third-order valence-corrected chi connectivity index (χ3v) is 5.42. The van der Waals surface area contributed by atoms with E-state index in [9.17, 15) is 14.7 Å². The minimum atomic E-state index is -0.952. The molecule has 0 spiro atoms. The van der Waals surface area contributed by atoms with Gasteiger partial charge in [-0.25, -0.2) is 9.78 Å². The molecular weight excluding hydrogens is 298 g/mol.